The number of aromatic nitrogens is 2. The van der Waals surface area contributed by atoms with Crippen molar-refractivity contribution < 1.29 is 4.74 Å². The van der Waals surface area contributed by atoms with Gasteiger partial charge in [0.1, 0.15) is 5.75 Å². The Morgan fingerprint density at radius 1 is 1.05 bits per heavy atom. The Labute approximate surface area is 123 Å². The van der Waals surface area contributed by atoms with E-state index in [1.54, 1.807) is 7.11 Å². The predicted octanol–water partition coefficient (Wildman–Crippen LogP) is 3.64. The maximum absolute atomic E-state index is 6.05. The number of H-pyrrole nitrogens is 1. The van der Waals surface area contributed by atoms with E-state index < -0.39 is 0 Å². The lowest BCUT2D eigenvalue weighted by Crippen LogP contribution is -1.89. The summed E-state index contributed by atoms with van der Waals surface area (Å²) < 4.78 is 5.28. The fourth-order valence-corrected chi connectivity index (χ4v) is 2.36. The van der Waals surface area contributed by atoms with Crippen molar-refractivity contribution in [1.29, 1.82) is 0 Å². The smallest absolute Gasteiger partial charge is 0.153 e. The number of aryl methyl sites for hydroxylation is 1. The molecular weight excluding hydrogens is 262 g/mol. The molecule has 1 aromatic heterocycles. The predicted molar refractivity (Wildman–Crippen MR) is 85.2 cm³/mol. The number of nitrogens with two attached hydrogens (primary N) is 1. The third kappa shape index (κ3) is 2.48. The molecule has 0 spiro atoms. The third-order valence-corrected chi connectivity index (χ3v) is 3.49. The van der Waals surface area contributed by atoms with Crippen molar-refractivity contribution in [2.45, 2.75) is 6.92 Å². The van der Waals surface area contributed by atoms with Crippen LogP contribution in [-0.2, 0) is 0 Å². The van der Waals surface area contributed by atoms with Gasteiger partial charge in [0.05, 0.1) is 18.4 Å². The minimum Gasteiger partial charge on any atom is -0.497 e. The van der Waals surface area contributed by atoms with Gasteiger partial charge in [-0.3, -0.25) is 5.10 Å². The van der Waals surface area contributed by atoms with Gasteiger partial charge in [0.15, 0.2) is 5.82 Å². The van der Waals surface area contributed by atoms with Gasteiger partial charge in [-0.25, -0.2) is 0 Å². The highest BCUT2D eigenvalue weighted by molar-refractivity contribution is 5.88. The summed E-state index contributed by atoms with van der Waals surface area (Å²) >= 11 is 0. The number of rotatable bonds is 3. The van der Waals surface area contributed by atoms with Gasteiger partial charge in [-0.1, -0.05) is 42.0 Å². The molecule has 4 heteroatoms. The Bertz CT molecular complexity index is 760. The van der Waals surface area contributed by atoms with Crippen molar-refractivity contribution >= 4 is 5.82 Å². The van der Waals surface area contributed by atoms with E-state index in [0.717, 1.165) is 28.1 Å². The summed E-state index contributed by atoms with van der Waals surface area (Å²) in [4.78, 5) is 0. The summed E-state index contributed by atoms with van der Waals surface area (Å²) in [5.74, 6) is 1.30. The van der Waals surface area contributed by atoms with Crippen molar-refractivity contribution in [2.75, 3.05) is 12.8 Å². The molecule has 106 valence electrons. The van der Waals surface area contributed by atoms with Crippen LogP contribution in [0.5, 0.6) is 5.75 Å². The average Bonchev–Trinajstić information content (AvgIpc) is 2.90. The summed E-state index contributed by atoms with van der Waals surface area (Å²) in [6.45, 7) is 2.06. The molecule has 0 fully saturated rings. The highest BCUT2D eigenvalue weighted by atomic mass is 16.5. The van der Waals surface area contributed by atoms with E-state index in [-0.39, 0.29) is 0 Å². The van der Waals surface area contributed by atoms with Gasteiger partial charge >= 0.3 is 0 Å². The second-order valence-corrected chi connectivity index (χ2v) is 4.96. The zero-order chi connectivity index (χ0) is 14.8. The van der Waals surface area contributed by atoms with Crippen LogP contribution in [0.3, 0.4) is 0 Å². The first-order valence-electron chi connectivity index (χ1n) is 6.74. The summed E-state index contributed by atoms with van der Waals surface area (Å²) in [5.41, 5.74) is 11.1. The number of nitrogens with zero attached hydrogens (tertiary/aromatic N) is 1. The molecule has 0 amide bonds. The number of aromatic amines is 1. The quantitative estimate of drug-likeness (QED) is 0.769. The molecular formula is C17H17N3O. The van der Waals surface area contributed by atoms with Crippen LogP contribution in [0.4, 0.5) is 5.82 Å². The molecule has 0 radical (unpaired) electrons. The van der Waals surface area contributed by atoms with Crippen LogP contribution in [0.15, 0.2) is 48.5 Å². The van der Waals surface area contributed by atoms with Crippen LogP contribution in [-0.4, -0.2) is 17.3 Å². The summed E-state index contributed by atoms with van der Waals surface area (Å²) in [6.07, 6.45) is 0. The Kier molecular flexibility index (Phi) is 3.36. The van der Waals surface area contributed by atoms with Crippen molar-refractivity contribution in [3.8, 4) is 28.1 Å². The maximum Gasteiger partial charge on any atom is 0.153 e. The van der Waals surface area contributed by atoms with Gasteiger partial charge in [0.2, 0.25) is 0 Å². The van der Waals surface area contributed by atoms with Crippen LogP contribution in [0.2, 0.25) is 0 Å². The number of hydrogen-bond acceptors (Lipinski definition) is 3. The molecule has 0 aliphatic rings. The number of nitrogens with one attached hydrogen (secondary N) is 1. The number of ether oxygens (including phenoxy) is 1. The van der Waals surface area contributed by atoms with E-state index in [1.165, 1.54) is 5.56 Å². The monoisotopic (exact) mass is 279 g/mol. The number of anilines is 1. The highest BCUT2D eigenvalue weighted by Gasteiger charge is 2.15. The van der Waals surface area contributed by atoms with E-state index in [0.29, 0.717) is 5.82 Å². The molecule has 1 heterocycles. The van der Waals surface area contributed by atoms with E-state index >= 15 is 0 Å². The fraction of sp³-hybridized carbons (Fsp3) is 0.118. The van der Waals surface area contributed by atoms with Crippen molar-refractivity contribution in [3.05, 3.63) is 54.1 Å². The topological polar surface area (TPSA) is 63.9 Å². The SMILES string of the molecule is COc1cccc(-c2[nH]nc(N)c2-c2ccc(C)cc2)c1. The van der Waals surface area contributed by atoms with Gasteiger partial charge in [-0.05, 0) is 24.6 Å². The Balaban J connectivity index is 2.14. The summed E-state index contributed by atoms with van der Waals surface area (Å²) in [7, 11) is 1.65. The number of nitrogen functional groups attached to an aromatic ring is 1. The largest absolute Gasteiger partial charge is 0.497 e. The second-order valence-electron chi connectivity index (χ2n) is 4.96. The first-order valence-corrected chi connectivity index (χ1v) is 6.74. The summed E-state index contributed by atoms with van der Waals surface area (Å²) in [6, 6.07) is 16.1. The van der Waals surface area contributed by atoms with Gasteiger partial charge in [-0.2, -0.15) is 5.10 Å². The molecule has 21 heavy (non-hydrogen) atoms. The van der Waals surface area contributed by atoms with E-state index in [1.807, 2.05) is 24.3 Å². The van der Waals surface area contributed by atoms with Crippen molar-refractivity contribution in [1.82, 2.24) is 10.2 Å². The molecule has 0 aliphatic heterocycles. The number of methoxy groups -OCH3 is 1. The molecule has 3 aromatic rings. The third-order valence-electron chi connectivity index (χ3n) is 3.49. The van der Waals surface area contributed by atoms with E-state index in [4.69, 9.17) is 10.5 Å². The lowest BCUT2D eigenvalue weighted by molar-refractivity contribution is 0.415. The lowest BCUT2D eigenvalue weighted by atomic mass is 10.00. The van der Waals surface area contributed by atoms with Crippen molar-refractivity contribution in [3.63, 3.8) is 0 Å². The minimum absolute atomic E-state index is 0.497. The average molecular weight is 279 g/mol. The second kappa shape index (κ2) is 5.32. The molecule has 3 rings (SSSR count). The highest BCUT2D eigenvalue weighted by Crippen LogP contribution is 2.35. The van der Waals surface area contributed by atoms with Crippen LogP contribution >= 0.6 is 0 Å². The maximum atomic E-state index is 6.05. The first kappa shape index (κ1) is 13.2. The zero-order valence-electron chi connectivity index (χ0n) is 12.1. The van der Waals surface area contributed by atoms with Crippen LogP contribution in [0, 0.1) is 6.92 Å². The van der Waals surface area contributed by atoms with E-state index in [2.05, 4.69) is 41.4 Å². The standard InChI is InChI=1S/C17H17N3O/c1-11-6-8-12(9-7-11)15-16(19-20-17(15)18)13-4-3-5-14(10-13)21-2/h3-10H,1-2H3,(H3,18,19,20). The van der Waals surface area contributed by atoms with Gasteiger partial charge < -0.3 is 10.5 Å². The number of benzene rings is 2. The van der Waals surface area contributed by atoms with Crippen LogP contribution in [0.1, 0.15) is 5.56 Å². The fourth-order valence-electron chi connectivity index (χ4n) is 2.36. The molecule has 0 bridgehead atoms. The molecule has 4 nitrogen and oxygen atoms in total. The van der Waals surface area contributed by atoms with E-state index in [9.17, 15) is 0 Å². The van der Waals surface area contributed by atoms with Crippen LogP contribution in [0.25, 0.3) is 22.4 Å². The van der Waals surface area contributed by atoms with Gasteiger partial charge in [0, 0.05) is 5.56 Å². The Hall–Kier alpha value is -2.75. The summed E-state index contributed by atoms with van der Waals surface area (Å²) in [5, 5.41) is 7.18. The Morgan fingerprint density at radius 2 is 1.81 bits per heavy atom. The molecule has 2 aromatic carbocycles. The molecule has 0 saturated heterocycles. The molecule has 0 aliphatic carbocycles. The first-order chi connectivity index (χ1) is 10.2. The lowest BCUT2D eigenvalue weighted by Gasteiger charge is -2.07. The Morgan fingerprint density at radius 3 is 2.52 bits per heavy atom. The minimum atomic E-state index is 0.497. The van der Waals surface area contributed by atoms with Crippen molar-refractivity contribution in [2.24, 2.45) is 0 Å². The normalized spacial score (nSPS) is 10.6. The van der Waals surface area contributed by atoms with Gasteiger partial charge in [-0.15, -0.1) is 0 Å². The molecule has 0 saturated carbocycles. The van der Waals surface area contributed by atoms with Gasteiger partial charge in [0.25, 0.3) is 0 Å². The molecule has 0 atom stereocenters. The zero-order valence-corrected chi connectivity index (χ0v) is 12.1. The van der Waals surface area contributed by atoms with Crippen LogP contribution < -0.4 is 10.5 Å². The molecule has 3 N–H and O–H groups in total. The number of hydrogen-bond donors (Lipinski definition) is 2. The molecule has 0 unspecified atom stereocenters.